The third-order valence-corrected chi connectivity index (χ3v) is 18.3. The standard InChI is InChI=1S/C46H61NO6/c1-39(2)42(5)22-25-46(39,53-38(42)51)37(50)47(28-30-12-8-6-9-13-30)29-44(52)21-18-35-41(44,4)20-17-34-40(3)19-16-32(48)26-43(40)23-24-45(34,35)33(27-43)36(49)31-14-10-7-11-15-31/h6,8-9,12-13,23-24,27,31-32,34-35,48,52H,7,10-11,14-22,25-26,28-29H2,1-5H3. The number of carbonyl (C=O) groups is 3. The van der Waals surface area contributed by atoms with Gasteiger partial charge in [0.1, 0.15) is 0 Å². The minimum atomic E-state index is -1.28. The van der Waals surface area contributed by atoms with Gasteiger partial charge in [0.2, 0.25) is 0 Å². The fourth-order valence-electron chi connectivity index (χ4n) is 14.5. The van der Waals surface area contributed by atoms with Crippen LogP contribution in [0.5, 0.6) is 0 Å². The second-order valence-corrected chi connectivity index (χ2v) is 20.3. The zero-order valence-electron chi connectivity index (χ0n) is 32.7. The molecule has 1 aromatic carbocycles. The smallest absolute Gasteiger partial charge is 0.313 e. The molecular formula is C46H61NO6. The summed E-state index contributed by atoms with van der Waals surface area (Å²) in [5.74, 6) is 0.128. The van der Waals surface area contributed by atoms with Gasteiger partial charge in [0, 0.05) is 39.7 Å². The molecule has 9 aliphatic rings. The summed E-state index contributed by atoms with van der Waals surface area (Å²) in [5.41, 5.74) is -3.45. The first-order chi connectivity index (χ1) is 25.0. The molecule has 7 heteroatoms. The van der Waals surface area contributed by atoms with Crippen molar-refractivity contribution in [1.82, 2.24) is 4.90 Å². The van der Waals surface area contributed by atoms with E-state index >= 15 is 4.79 Å². The Hall–Kier alpha value is -2.77. The SMILES string of the molecule is CC12CCC(C(=O)N(Cc3ccccc3)CC3(O)CCC4C56C=CC7(C=C5C(=O)C5CCCCC5)CC(O)CCC7(C)C6CCC43C)(OC1=O)C2(C)C. The van der Waals surface area contributed by atoms with Crippen LogP contribution in [0.25, 0.3) is 0 Å². The Bertz CT molecular complexity index is 1790. The molecule has 1 aliphatic heterocycles. The summed E-state index contributed by atoms with van der Waals surface area (Å²) in [6, 6.07) is 9.96. The molecule has 1 amide bonds. The van der Waals surface area contributed by atoms with Gasteiger partial charge in [-0.25, -0.2) is 0 Å². The minimum absolute atomic E-state index is 0.0260. The number of aliphatic hydroxyl groups excluding tert-OH is 1. The number of aliphatic hydroxyl groups is 2. The van der Waals surface area contributed by atoms with Gasteiger partial charge in [-0.05, 0) is 100 Å². The third kappa shape index (κ3) is 4.33. The Morgan fingerprint density at radius 1 is 0.830 bits per heavy atom. The molecule has 1 heterocycles. The van der Waals surface area contributed by atoms with Crippen LogP contribution in [-0.2, 0) is 25.7 Å². The van der Waals surface area contributed by atoms with Crippen molar-refractivity contribution in [2.75, 3.05) is 6.54 Å². The highest BCUT2D eigenvalue weighted by atomic mass is 16.6. The molecule has 0 aromatic heterocycles. The molecular weight excluding hydrogens is 663 g/mol. The van der Waals surface area contributed by atoms with Crippen LogP contribution in [0.15, 0.2) is 54.1 Å². The normalized spacial score (nSPS) is 46.3. The van der Waals surface area contributed by atoms with Crippen molar-refractivity contribution in [1.29, 1.82) is 0 Å². The maximum atomic E-state index is 15.2. The molecule has 5 saturated carbocycles. The van der Waals surface area contributed by atoms with E-state index in [4.69, 9.17) is 4.74 Å². The van der Waals surface area contributed by atoms with Gasteiger partial charge in [0.15, 0.2) is 11.4 Å². The van der Waals surface area contributed by atoms with Crippen LogP contribution >= 0.6 is 0 Å². The number of esters is 1. The average molecular weight is 724 g/mol. The molecule has 2 N–H and O–H groups in total. The van der Waals surface area contributed by atoms with E-state index in [2.05, 4.69) is 32.1 Å². The van der Waals surface area contributed by atoms with Crippen molar-refractivity contribution < 1.29 is 29.3 Å². The van der Waals surface area contributed by atoms with Crippen LogP contribution in [0.4, 0.5) is 0 Å². The van der Waals surface area contributed by atoms with Crippen LogP contribution < -0.4 is 0 Å². The average Bonchev–Trinajstić information content (AvgIpc) is 3.59. The van der Waals surface area contributed by atoms with E-state index in [1.54, 1.807) is 0 Å². The number of carbonyl (C=O) groups excluding carboxylic acids is 3. The zero-order chi connectivity index (χ0) is 37.5. The van der Waals surface area contributed by atoms with Gasteiger partial charge in [-0.1, -0.05) is 95.5 Å². The molecule has 286 valence electrons. The fourth-order valence-corrected chi connectivity index (χ4v) is 14.5. The topological polar surface area (TPSA) is 104 Å². The largest absolute Gasteiger partial charge is 0.448 e. The van der Waals surface area contributed by atoms with Gasteiger partial charge >= 0.3 is 5.97 Å². The van der Waals surface area contributed by atoms with E-state index in [0.29, 0.717) is 38.0 Å². The number of nitrogens with zero attached hydrogens (tertiary/aromatic N) is 1. The van der Waals surface area contributed by atoms with Crippen molar-refractivity contribution in [3.8, 4) is 0 Å². The Balaban J connectivity index is 1.12. The molecule has 7 nitrogen and oxygen atoms in total. The Morgan fingerprint density at radius 3 is 2.19 bits per heavy atom. The fraction of sp³-hybridized carbons (Fsp3) is 0.717. The van der Waals surface area contributed by atoms with Crippen LogP contribution in [0.1, 0.15) is 130 Å². The number of amides is 1. The lowest BCUT2D eigenvalue weighted by Crippen LogP contribution is -2.68. The van der Waals surface area contributed by atoms with Crippen molar-refractivity contribution in [2.45, 2.75) is 148 Å². The molecule has 2 spiro atoms. The highest BCUT2D eigenvalue weighted by Gasteiger charge is 2.78. The van der Waals surface area contributed by atoms with Crippen LogP contribution in [0.2, 0.25) is 0 Å². The Kier molecular flexibility index (Phi) is 7.72. The maximum absolute atomic E-state index is 15.2. The summed E-state index contributed by atoms with van der Waals surface area (Å²) in [6.07, 6.45) is 18.5. The molecule has 6 fully saturated rings. The van der Waals surface area contributed by atoms with Crippen LogP contribution in [-0.4, -0.2) is 56.6 Å². The Morgan fingerprint density at radius 2 is 1.51 bits per heavy atom. The monoisotopic (exact) mass is 723 g/mol. The van der Waals surface area contributed by atoms with Crippen LogP contribution in [0, 0.1) is 50.2 Å². The third-order valence-electron chi connectivity index (χ3n) is 18.3. The number of hydrogen-bond donors (Lipinski definition) is 2. The van der Waals surface area contributed by atoms with Gasteiger partial charge in [-0.15, -0.1) is 0 Å². The zero-order valence-corrected chi connectivity index (χ0v) is 32.7. The molecule has 1 saturated heterocycles. The number of hydrogen-bond acceptors (Lipinski definition) is 6. The van der Waals surface area contributed by atoms with Crippen LogP contribution in [0.3, 0.4) is 0 Å². The van der Waals surface area contributed by atoms with E-state index in [1.165, 1.54) is 6.42 Å². The number of rotatable bonds is 7. The second kappa shape index (κ2) is 11.4. The van der Waals surface area contributed by atoms with Crippen molar-refractivity contribution >= 4 is 17.7 Å². The first kappa shape index (κ1) is 35.9. The lowest BCUT2D eigenvalue weighted by molar-refractivity contribution is -0.189. The number of Topliss-reactive ketones (excluding diaryl/α,β-unsaturated/α-hetero) is 1. The number of ether oxygens (including phenoxy) is 1. The number of allylic oxidation sites excluding steroid dienone is 4. The summed E-state index contributed by atoms with van der Waals surface area (Å²) in [5, 5.41) is 24.4. The first-order valence-corrected chi connectivity index (χ1v) is 21.0. The Labute approximate surface area is 316 Å². The molecule has 10 unspecified atom stereocenters. The van der Waals surface area contributed by atoms with Crippen molar-refractivity contribution in [2.24, 2.45) is 50.2 Å². The van der Waals surface area contributed by atoms with Gasteiger partial charge in [0.25, 0.3) is 5.91 Å². The van der Waals surface area contributed by atoms with Crippen molar-refractivity contribution in [3.05, 3.63) is 59.7 Å². The molecule has 4 bridgehead atoms. The molecule has 0 radical (unpaired) electrons. The number of fused-ring (bicyclic) bond motifs is 3. The van der Waals surface area contributed by atoms with E-state index in [9.17, 15) is 19.8 Å². The summed E-state index contributed by atoms with van der Waals surface area (Å²) < 4.78 is 6.17. The lowest BCUT2D eigenvalue weighted by atomic mass is 9.32. The molecule has 1 aromatic rings. The summed E-state index contributed by atoms with van der Waals surface area (Å²) in [4.78, 5) is 45.4. The first-order valence-electron chi connectivity index (χ1n) is 21.0. The molecule has 10 rings (SSSR count). The van der Waals surface area contributed by atoms with Crippen molar-refractivity contribution in [3.63, 3.8) is 0 Å². The highest BCUT2D eigenvalue weighted by molar-refractivity contribution is 6.00. The summed E-state index contributed by atoms with van der Waals surface area (Å²) in [6.45, 7) is 11.1. The maximum Gasteiger partial charge on any atom is 0.313 e. The molecule has 8 aliphatic carbocycles. The number of ketones is 1. The van der Waals surface area contributed by atoms with E-state index in [1.807, 2.05) is 56.0 Å². The van der Waals surface area contributed by atoms with Gasteiger partial charge in [-0.3, -0.25) is 14.4 Å². The predicted octanol–water partition coefficient (Wildman–Crippen LogP) is 7.88. The van der Waals surface area contributed by atoms with E-state index in [0.717, 1.165) is 68.9 Å². The van der Waals surface area contributed by atoms with Gasteiger partial charge < -0.3 is 19.8 Å². The minimum Gasteiger partial charge on any atom is -0.448 e. The van der Waals surface area contributed by atoms with Gasteiger partial charge in [-0.2, -0.15) is 0 Å². The number of benzene rings is 1. The molecule has 10 atom stereocenters. The second-order valence-electron chi connectivity index (χ2n) is 20.3. The molecule has 53 heavy (non-hydrogen) atoms. The lowest BCUT2D eigenvalue weighted by Gasteiger charge is -2.71. The predicted molar refractivity (Wildman–Crippen MR) is 202 cm³/mol. The highest BCUT2D eigenvalue weighted by Crippen LogP contribution is 2.78. The quantitative estimate of drug-likeness (QED) is 0.219. The summed E-state index contributed by atoms with van der Waals surface area (Å²) >= 11 is 0. The van der Waals surface area contributed by atoms with Gasteiger partial charge in [0.05, 0.1) is 23.7 Å². The van der Waals surface area contributed by atoms with E-state index < -0.39 is 32.9 Å². The summed E-state index contributed by atoms with van der Waals surface area (Å²) in [7, 11) is 0. The van der Waals surface area contributed by atoms with E-state index in [-0.39, 0.29) is 53.1 Å².